The van der Waals surface area contributed by atoms with E-state index in [9.17, 15) is 57.0 Å². The number of nitrogens with zero attached hydrogens (tertiary/aromatic N) is 7. The molecule has 0 aliphatic rings. The third kappa shape index (κ3) is 10.5. The Morgan fingerprint density at radius 1 is 0.509 bits per heavy atom. The molecule has 0 radical (unpaired) electrons. The molecule has 5 aromatic rings. The number of azo groups is 2. The van der Waals surface area contributed by atoms with Crippen LogP contribution in [-0.2, 0) is 40.5 Å². The molecule has 300 valence electrons. The summed E-state index contributed by atoms with van der Waals surface area (Å²) in [5.74, 6) is -0.267. The fourth-order valence-electron chi connectivity index (χ4n) is 4.54. The van der Waals surface area contributed by atoms with Gasteiger partial charge in [-0.05, 0) is 60.7 Å². The lowest BCUT2D eigenvalue weighted by Crippen LogP contribution is -2.05. The van der Waals surface area contributed by atoms with Crippen LogP contribution in [0.1, 0.15) is 0 Å². The molecule has 1 aromatic heterocycles. The van der Waals surface area contributed by atoms with Crippen molar-refractivity contribution in [2.75, 3.05) is 24.9 Å². The predicted octanol–water partition coefficient (Wildman–Crippen LogP) is 4.90. The lowest BCUT2D eigenvalue weighted by molar-refractivity contribution is 0.416. The van der Waals surface area contributed by atoms with Gasteiger partial charge in [0.1, 0.15) is 32.7 Å². The van der Waals surface area contributed by atoms with E-state index < -0.39 is 77.4 Å². The first-order chi connectivity index (χ1) is 26.5. The molecule has 0 amide bonds. The van der Waals surface area contributed by atoms with E-state index in [2.05, 4.69) is 46.0 Å². The first kappa shape index (κ1) is 41.9. The summed E-state index contributed by atoms with van der Waals surface area (Å²) in [5.41, 5.74) is -0.736. The number of nitrogens with one attached hydrogen (secondary N) is 2. The molecule has 0 bridgehead atoms. The van der Waals surface area contributed by atoms with Crippen LogP contribution in [0.3, 0.4) is 0 Å². The summed E-state index contributed by atoms with van der Waals surface area (Å²) in [5, 5.41) is 31.0. The number of aromatic nitrogens is 3. The summed E-state index contributed by atoms with van der Waals surface area (Å²) in [6.07, 6.45) is 0. The minimum Gasteiger partial charge on any atom is -0.494 e. The monoisotopic (exact) mass is 867 g/mol. The maximum absolute atomic E-state index is 11.8. The molecule has 57 heavy (non-hydrogen) atoms. The van der Waals surface area contributed by atoms with Crippen LogP contribution in [0.15, 0.2) is 113 Å². The van der Waals surface area contributed by atoms with Crippen molar-refractivity contribution < 1.29 is 66.5 Å². The Morgan fingerprint density at radius 3 is 1.23 bits per heavy atom. The summed E-state index contributed by atoms with van der Waals surface area (Å²) < 4.78 is 142. The Balaban J connectivity index is 1.38. The second-order valence-electron chi connectivity index (χ2n) is 10.9. The van der Waals surface area contributed by atoms with Crippen LogP contribution >= 0.6 is 0 Å². The molecule has 28 heteroatoms. The van der Waals surface area contributed by atoms with Crippen molar-refractivity contribution in [2.45, 2.75) is 19.6 Å². The SMILES string of the molecule is COc1cc(/N=N/c2cc(S(=O)(=O)O)ccc2S(=O)(=O)O)ccc1Nc1nc(O)nc(Nc2ccc(/N=N/c3cc(S(=O)(=O)O)ccc3S(=O)(=O)O)cc2OC)n1. The maximum Gasteiger partial charge on any atom is 0.320 e. The van der Waals surface area contributed by atoms with Gasteiger partial charge in [-0.2, -0.15) is 58.9 Å². The standard InChI is InChI=1S/C29H25N9O15S4/c1-52-23-11-15(35-37-21-13-17(54(40,41)42)5-9-25(21)56(46,47)48)3-7-19(23)30-27-32-28(34-29(39)33-27)31-20-8-4-16(12-24(20)53-2)36-38-22-14-18(55(43,44)45)6-10-26(22)57(49,50)51/h3-14H,1-2H3,(H,40,41,42)(H,43,44,45)(H,46,47,48)(H,49,50,51)(H3,30,31,32,33,34,39)/b37-35+,38-36+. The van der Waals surface area contributed by atoms with Gasteiger partial charge in [0.2, 0.25) is 11.9 Å². The van der Waals surface area contributed by atoms with Gasteiger partial charge >= 0.3 is 6.01 Å². The topological polar surface area (TPSA) is 368 Å². The van der Waals surface area contributed by atoms with E-state index in [1.54, 1.807) is 0 Å². The van der Waals surface area contributed by atoms with Crippen molar-refractivity contribution in [1.29, 1.82) is 0 Å². The molecular formula is C29H25N9O15S4. The van der Waals surface area contributed by atoms with Crippen molar-refractivity contribution in [2.24, 2.45) is 20.5 Å². The van der Waals surface area contributed by atoms with E-state index >= 15 is 0 Å². The quantitative estimate of drug-likeness (QED) is 0.0576. The predicted molar refractivity (Wildman–Crippen MR) is 195 cm³/mol. The summed E-state index contributed by atoms with van der Waals surface area (Å²) in [7, 11) is -16.7. The fourth-order valence-corrected chi connectivity index (χ4v) is 6.75. The van der Waals surface area contributed by atoms with Gasteiger partial charge in [-0.3, -0.25) is 18.2 Å². The average Bonchev–Trinajstić information content (AvgIpc) is 3.12. The minimum absolute atomic E-state index is 0.0392. The first-order valence-corrected chi connectivity index (χ1v) is 20.7. The van der Waals surface area contributed by atoms with Crippen molar-refractivity contribution in [3.8, 4) is 17.5 Å². The zero-order chi connectivity index (χ0) is 41.9. The Hall–Kier alpha value is -6.27. The first-order valence-electron chi connectivity index (χ1n) is 14.9. The van der Waals surface area contributed by atoms with Crippen LogP contribution < -0.4 is 20.1 Å². The molecule has 0 aliphatic carbocycles. The highest BCUT2D eigenvalue weighted by molar-refractivity contribution is 7.87. The lowest BCUT2D eigenvalue weighted by atomic mass is 10.2. The van der Waals surface area contributed by atoms with Crippen LogP contribution in [0.25, 0.3) is 0 Å². The number of rotatable bonds is 14. The van der Waals surface area contributed by atoms with Crippen LogP contribution in [-0.4, -0.2) is 86.2 Å². The van der Waals surface area contributed by atoms with Crippen LogP contribution in [0.4, 0.5) is 46.0 Å². The number of benzene rings is 4. The van der Waals surface area contributed by atoms with Gasteiger partial charge in [0.15, 0.2) is 0 Å². The molecule has 0 aliphatic heterocycles. The van der Waals surface area contributed by atoms with Gasteiger partial charge in [-0.15, -0.1) is 10.2 Å². The third-order valence-corrected chi connectivity index (χ3v) is 10.5. The zero-order valence-corrected chi connectivity index (χ0v) is 31.8. The van der Waals surface area contributed by atoms with Crippen molar-refractivity contribution >= 4 is 86.5 Å². The molecule has 1 heterocycles. The largest absolute Gasteiger partial charge is 0.494 e. The Labute approximate surface area is 322 Å². The second-order valence-corrected chi connectivity index (χ2v) is 16.5. The molecule has 24 nitrogen and oxygen atoms in total. The average molecular weight is 868 g/mol. The summed E-state index contributed by atoms with van der Waals surface area (Å²) >= 11 is 0. The lowest BCUT2D eigenvalue weighted by Gasteiger charge is -2.13. The highest BCUT2D eigenvalue weighted by Crippen LogP contribution is 2.36. The Morgan fingerprint density at radius 2 is 0.895 bits per heavy atom. The number of hydrogen-bond donors (Lipinski definition) is 7. The van der Waals surface area contributed by atoms with Gasteiger partial charge in [-0.25, -0.2) is 0 Å². The van der Waals surface area contributed by atoms with E-state index in [4.69, 9.17) is 9.47 Å². The summed E-state index contributed by atoms with van der Waals surface area (Å²) in [4.78, 5) is 8.83. The number of anilines is 4. The van der Waals surface area contributed by atoms with Crippen LogP contribution in [0.2, 0.25) is 0 Å². The second kappa shape index (κ2) is 16.1. The molecular weight excluding hydrogens is 843 g/mol. The Kier molecular flexibility index (Phi) is 11.8. The van der Waals surface area contributed by atoms with Gasteiger partial charge in [0.25, 0.3) is 40.5 Å². The molecule has 0 saturated carbocycles. The molecule has 0 unspecified atom stereocenters. The molecule has 0 spiro atoms. The van der Waals surface area contributed by atoms with E-state index in [0.717, 1.165) is 24.3 Å². The summed E-state index contributed by atoms with van der Waals surface area (Å²) in [6, 6.07) is 11.7. The van der Waals surface area contributed by atoms with Gasteiger partial charge < -0.3 is 25.2 Å². The Bertz CT molecular complexity index is 2720. The molecule has 0 atom stereocenters. The van der Waals surface area contributed by atoms with E-state index in [1.807, 2.05) is 0 Å². The number of hydrogen-bond acceptors (Lipinski definition) is 20. The molecule has 0 saturated heterocycles. The molecule has 0 fully saturated rings. The van der Waals surface area contributed by atoms with E-state index in [0.29, 0.717) is 12.1 Å². The van der Waals surface area contributed by atoms with Crippen molar-refractivity contribution in [3.63, 3.8) is 0 Å². The van der Waals surface area contributed by atoms with Gasteiger partial charge in [-0.1, -0.05) is 0 Å². The van der Waals surface area contributed by atoms with Gasteiger partial charge in [0, 0.05) is 12.1 Å². The highest BCUT2D eigenvalue weighted by atomic mass is 32.2. The minimum atomic E-state index is -4.88. The number of methoxy groups -OCH3 is 2. The zero-order valence-electron chi connectivity index (χ0n) is 28.5. The normalized spacial score (nSPS) is 12.5. The van der Waals surface area contributed by atoms with Crippen LogP contribution in [0.5, 0.6) is 17.5 Å². The van der Waals surface area contributed by atoms with Gasteiger partial charge in [0.05, 0.1) is 46.8 Å². The maximum atomic E-state index is 11.8. The molecule has 5 rings (SSSR count). The van der Waals surface area contributed by atoms with Crippen molar-refractivity contribution in [1.82, 2.24) is 15.0 Å². The number of ether oxygens (including phenoxy) is 2. The molecule has 4 aromatic carbocycles. The third-order valence-electron chi connectivity index (χ3n) is 7.05. The van der Waals surface area contributed by atoms with E-state index in [1.165, 1.54) is 50.6 Å². The fraction of sp³-hybridized carbons (Fsp3) is 0.0690. The van der Waals surface area contributed by atoms with Crippen LogP contribution in [0, 0.1) is 0 Å². The van der Waals surface area contributed by atoms with E-state index in [-0.39, 0.29) is 46.1 Å². The highest BCUT2D eigenvalue weighted by Gasteiger charge is 2.22. The summed E-state index contributed by atoms with van der Waals surface area (Å²) in [6.45, 7) is 0. The smallest absolute Gasteiger partial charge is 0.320 e. The molecule has 7 N–H and O–H groups in total. The van der Waals surface area contributed by atoms with Crippen molar-refractivity contribution in [3.05, 3.63) is 72.8 Å². The number of aromatic hydroxyl groups is 1.